The Morgan fingerprint density at radius 2 is 1.90 bits per heavy atom. The highest BCUT2D eigenvalue weighted by Gasteiger charge is 2.26. The molecular weight excluding hydrogens is 312 g/mol. The van der Waals surface area contributed by atoms with Crippen LogP contribution in [-0.4, -0.2) is 33.4 Å². The van der Waals surface area contributed by atoms with Crippen LogP contribution in [0.5, 0.6) is 0 Å². The molecule has 21 heavy (non-hydrogen) atoms. The van der Waals surface area contributed by atoms with Crippen molar-refractivity contribution in [3.8, 4) is 0 Å². The summed E-state index contributed by atoms with van der Waals surface area (Å²) in [6.07, 6.45) is 2.04. The lowest BCUT2D eigenvalue weighted by Crippen LogP contribution is -2.37. The van der Waals surface area contributed by atoms with E-state index in [2.05, 4.69) is 0 Å². The second-order valence-electron chi connectivity index (χ2n) is 5.23. The minimum Gasteiger partial charge on any atom is -0.225 e. The van der Waals surface area contributed by atoms with E-state index in [0.29, 0.717) is 24.9 Å². The van der Waals surface area contributed by atoms with Crippen molar-refractivity contribution in [1.29, 1.82) is 0 Å². The van der Waals surface area contributed by atoms with Crippen molar-refractivity contribution in [1.82, 2.24) is 4.31 Å². The van der Waals surface area contributed by atoms with Gasteiger partial charge in [0.2, 0.25) is 20.0 Å². The minimum atomic E-state index is -3.77. The van der Waals surface area contributed by atoms with Crippen molar-refractivity contribution in [2.75, 3.05) is 12.3 Å². The van der Waals surface area contributed by atoms with E-state index in [1.807, 2.05) is 6.92 Å². The number of nitrogens with zero attached hydrogens (tertiary/aromatic N) is 1. The summed E-state index contributed by atoms with van der Waals surface area (Å²) in [6.45, 7) is 2.60. The lowest BCUT2D eigenvalue weighted by atomic mass is 10.0. The van der Waals surface area contributed by atoms with Gasteiger partial charge >= 0.3 is 0 Å². The highest BCUT2D eigenvalue weighted by molar-refractivity contribution is 7.89. The zero-order valence-corrected chi connectivity index (χ0v) is 13.6. The number of sulfonamides is 2. The van der Waals surface area contributed by atoms with Crippen molar-refractivity contribution in [2.24, 2.45) is 5.14 Å². The molecule has 0 saturated carbocycles. The summed E-state index contributed by atoms with van der Waals surface area (Å²) in [5.41, 5.74) is 1.69. The van der Waals surface area contributed by atoms with E-state index in [0.717, 1.165) is 12.0 Å². The van der Waals surface area contributed by atoms with Crippen LogP contribution in [0.3, 0.4) is 0 Å². The van der Waals surface area contributed by atoms with Gasteiger partial charge in [-0.1, -0.05) is 19.4 Å². The monoisotopic (exact) mass is 332 g/mol. The van der Waals surface area contributed by atoms with Crippen LogP contribution in [0.1, 0.15) is 30.9 Å². The summed E-state index contributed by atoms with van der Waals surface area (Å²) >= 11 is 0. The largest absolute Gasteiger partial charge is 0.238 e. The standard InChI is InChI=1S/C13H20N2O4S2/c1-2-3-8-20(16,17)15-7-6-11-4-5-13(21(14,18)19)9-12(11)10-15/h4-5,9H,2-3,6-8,10H2,1H3,(H2,14,18,19). The molecule has 2 N–H and O–H groups in total. The van der Waals surface area contributed by atoms with Gasteiger partial charge in [0.05, 0.1) is 10.6 Å². The van der Waals surface area contributed by atoms with Crippen LogP contribution in [0.15, 0.2) is 23.1 Å². The summed E-state index contributed by atoms with van der Waals surface area (Å²) in [5.74, 6) is 0.133. The summed E-state index contributed by atoms with van der Waals surface area (Å²) in [6, 6.07) is 4.66. The molecule has 0 atom stereocenters. The van der Waals surface area contributed by atoms with E-state index in [9.17, 15) is 16.8 Å². The van der Waals surface area contributed by atoms with E-state index in [1.165, 1.54) is 16.4 Å². The minimum absolute atomic E-state index is 0.0223. The Kier molecular flexibility index (Phi) is 4.72. The molecular formula is C13H20N2O4S2. The van der Waals surface area contributed by atoms with Crippen LogP contribution < -0.4 is 5.14 Å². The third kappa shape index (κ3) is 3.82. The predicted molar refractivity (Wildman–Crippen MR) is 80.6 cm³/mol. The Bertz CT molecular complexity index is 727. The van der Waals surface area contributed by atoms with Crippen LogP contribution in [0.25, 0.3) is 0 Å². The SMILES string of the molecule is CCCCS(=O)(=O)N1CCc2ccc(S(N)(=O)=O)cc2C1. The van der Waals surface area contributed by atoms with Crippen molar-refractivity contribution in [2.45, 2.75) is 37.6 Å². The molecule has 0 radical (unpaired) electrons. The van der Waals surface area contributed by atoms with Crippen LogP contribution in [0, 0.1) is 0 Å². The van der Waals surface area contributed by atoms with Gasteiger partial charge in [-0.15, -0.1) is 0 Å². The molecule has 0 unspecified atom stereocenters. The van der Waals surface area contributed by atoms with Crippen LogP contribution in [-0.2, 0) is 33.0 Å². The first-order chi connectivity index (χ1) is 9.74. The Morgan fingerprint density at radius 3 is 2.52 bits per heavy atom. The second kappa shape index (κ2) is 6.04. The van der Waals surface area contributed by atoms with Gasteiger partial charge in [0.25, 0.3) is 0 Å². The number of primary sulfonamides is 1. The quantitative estimate of drug-likeness (QED) is 0.863. The lowest BCUT2D eigenvalue weighted by molar-refractivity contribution is 0.390. The van der Waals surface area contributed by atoms with Crippen LogP contribution in [0.4, 0.5) is 0 Å². The first-order valence-corrected chi connectivity index (χ1v) is 10.0. The molecule has 0 saturated heterocycles. The molecule has 118 valence electrons. The molecule has 1 aromatic rings. The van der Waals surface area contributed by atoms with Crippen molar-refractivity contribution < 1.29 is 16.8 Å². The number of benzene rings is 1. The number of hydrogen-bond acceptors (Lipinski definition) is 4. The van der Waals surface area contributed by atoms with E-state index in [1.54, 1.807) is 6.07 Å². The fraction of sp³-hybridized carbons (Fsp3) is 0.538. The van der Waals surface area contributed by atoms with Gasteiger partial charge in [-0.2, -0.15) is 4.31 Å². The Labute approximate surface area is 126 Å². The topological polar surface area (TPSA) is 97.5 Å². The Morgan fingerprint density at radius 1 is 1.19 bits per heavy atom. The van der Waals surface area contributed by atoms with Gasteiger partial charge < -0.3 is 0 Å². The molecule has 6 nitrogen and oxygen atoms in total. The second-order valence-corrected chi connectivity index (χ2v) is 8.88. The maximum absolute atomic E-state index is 12.2. The lowest BCUT2D eigenvalue weighted by Gasteiger charge is -2.28. The van der Waals surface area contributed by atoms with Gasteiger partial charge in [-0.25, -0.2) is 22.0 Å². The van der Waals surface area contributed by atoms with E-state index in [-0.39, 0.29) is 17.2 Å². The van der Waals surface area contributed by atoms with Crippen LogP contribution >= 0.6 is 0 Å². The van der Waals surface area contributed by atoms with Gasteiger partial charge in [0.15, 0.2) is 0 Å². The molecule has 0 bridgehead atoms. The molecule has 1 aromatic carbocycles. The molecule has 0 fully saturated rings. The molecule has 1 aliphatic heterocycles. The highest BCUT2D eigenvalue weighted by atomic mass is 32.2. The first kappa shape index (κ1) is 16.4. The number of unbranched alkanes of at least 4 members (excludes halogenated alkanes) is 1. The molecule has 0 amide bonds. The average Bonchev–Trinajstić information content (AvgIpc) is 2.43. The van der Waals surface area contributed by atoms with Gasteiger partial charge in [0, 0.05) is 13.1 Å². The number of nitrogens with two attached hydrogens (primary N) is 1. The predicted octanol–water partition coefficient (Wildman–Crippen LogP) is 0.822. The summed E-state index contributed by atoms with van der Waals surface area (Å²) in [7, 11) is -7.06. The van der Waals surface area contributed by atoms with Crippen molar-refractivity contribution in [3.05, 3.63) is 29.3 Å². The molecule has 0 aliphatic carbocycles. The Hall–Kier alpha value is -0.960. The third-order valence-corrected chi connectivity index (χ3v) is 6.45. The van der Waals surface area contributed by atoms with Gasteiger partial charge in [-0.05, 0) is 36.1 Å². The Balaban J connectivity index is 2.27. The van der Waals surface area contributed by atoms with Crippen molar-refractivity contribution >= 4 is 20.0 Å². The normalized spacial score (nSPS) is 16.7. The molecule has 1 heterocycles. The third-order valence-electron chi connectivity index (χ3n) is 3.63. The zero-order chi connectivity index (χ0) is 15.7. The number of fused-ring (bicyclic) bond motifs is 1. The van der Waals surface area contributed by atoms with E-state index in [4.69, 9.17) is 5.14 Å². The maximum Gasteiger partial charge on any atom is 0.238 e. The molecule has 2 rings (SSSR count). The van der Waals surface area contributed by atoms with E-state index >= 15 is 0 Å². The van der Waals surface area contributed by atoms with E-state index < -0.39 is 20.0 Å². The number of rotatable bonds is 5. The molecule has 1 aliphatic rings. The van der Waals surface area contributed by atoms with Gasteiger partial charge in [-0.3, -0.25) is 0 Å². The highest BCUT2D eigenvalue weighted by Crippen LogP contribution is 2.24. The summed E-state index contributed by atoms with van der Waals surface area (Å²) in [4.78, 5) is 0.0223. The summed E-state index contributed by atoms with van der Waals surface area (Å²) in [5, 5.41) is 5.12. The summed E-state index contributed by atoms with van der Waals surface area (Å²) < 4.78 is 48.6. The molecule has 0 spiro atoms. The first-order valence-electron chi connectivity index (χ1n) is 6.86. The average molecular weight is 332 g/mol. The molecule has 8 heteroatoms. The fourth-order valence-electron chi connectivity index (χ4n) is 2.38. The smallest absolute Gasteiger partial charge is 0.225 e. The zero-order valence-electron chi connectivity index (χ0n) is 11.9. The number of hydrogen-bond donors (Lipinski definition) is 1. The fourth-order valence-corrected chi connectivity index (χ4v) is 4.56. The van der Waals surface area contributed by atoms with Crippen LogP contribution in [0.2, 0.25) is 0 Å². The molecule has 0 aromatic heterocycles. The maximum atomic E-state index is 12.2. The van der Waals surface area contributed by atoms with Gasteiger partial charge in [0.1, 0.15) is 0 Å². The van der Waals surface area contributed by atoms with Crippen molar-refractivity contribution in [3.63, 3.8) is 0 Å².